The summed E-state index contributed by atoms with van der Waals surface area (Å²) >= 11 is 5.19. The second kappa shape index (κ2) is 4.12. The number of benzene rings is 1. The van der Waals surface area contributed by atoms with E-state index in [1.54, 1.807) is 0 Å². The number of nitrogens with zero attached hydrogens (tertiary/aromatic N) is 2. The van der Waals surface area contributed by atoms with Gasteiger partial charge in [-0.05, 0) is 12.1 Å². The average molecular weight is 282 g/mol. The second-order valence-electron chi connectivity index (χ2n) is 4.56. The first-order valence-corrected chi connectivity index (χ1v) is 6.29. The topological polar surface area (TPSA) is 110 Å². The molecule has 6 nitrogen and oxygen atoms in total. The summed E-state index contributed by atoms with van der Waals surface area (Å²) in [4.78, 5) is 0.289. The van der Waals surface area contributed by atoms with Crippen molar-refractivity contribution in [3.8, 4) is 12.1 Å². The Kier molecular flexibility index (Phi) is 2.53. The molecule has 0 saturated carbocycles. The third kappa shape index (κ3) is 1.44. The third-order valence-electron chi connectivity index (χ3n) is 3.45. The van der Waals surface area contributed by atoms with Crippen LogP contribution in [0.25, 0.3) is 0 Å². The SMILES string of the molecule is N#CC1=C(N)NC(=S)C(C#N)C12Nc1ccccc1N2. The zero-order valence-electron chi connectivity index (χ0n) is 10.3. The maximum absolute atomic E-state index is 9.44. The summed E-state index contributed by atoms with van der Waals surface area (Å²) in [5.41, 5.74) is 6.58. The Morgan fingerprint density at radius 1 is 1.20 bits per heavy atom. The van der Waals surface area contributed by atoms with Gasteiger partial charge in [-0.3, -0.25) is 0 Å². The van der Waals surface area contributed by atoms with Crippen molar-refractivity contribution in [3.63, 3.8) is 0 Å². The molecule has 98 valence electrons. The van der Waals surface area contributed by atoms with Gasteiger partial charge in [-0.1, -0.05) is 24.4 Å². The van der Waals surface area contributed by atoms with Gasteiger partial charge in [0.2, 0.25) is 0 Å². The predicted molar refractivity (Wildman–Crippen MR) is 78.1 cm³/mol. The molecular weight excluding hydrogens is 272 g/mol. The van der Waals surface area contributed by atoms with Gasteiger partial charge >= 0.3 is 0 Å². The van der Waals surface area contributed by atoms with Crippen molar-refractivity contribution < 1.29 is 0 Å². The van der Waals surface area contributed by atoms with Crippen molar-refractivity contribution in [1.82, 2.24) is 5.32 Å². The van der Waals surface area contributed by atoms with E-state index >= 15 is 0 Å². The Bertz CT molecular complexity index is 698. The molecule has 20 heavy (non-hydrogen) atoms. The van der Waals surface area contributed by atoms with Crippen molar-refractivity contribution in [1.29, 1.82) is 10.5 Å². The van der Waals surface area contributed by atoms with Gasteiger partial charge < -0.3 is 21.7 Å². The van der Waals surface area contributed by atoms with E-state index in [4.69, 9.17) is 18.0 Å². The summed E-state index contributed by atoms with van der Waals surface area (Å²) in [6.07, 6.45) is 0. The maximum Gasteiger partial charge on any atom is 0.171 e. The number of fused-ring (bicyclic) bond motifs is 1. The summed E-state index contributed by atoms with van der Waals surface area (Å²) < 4.78 is 0. The molecule has 1 aromatic rings. The lowest BCUT2D eigenvalue weighted by molar-refractivity contribution is 0.556. The lowest BCUT2D eigenvalue weighted by Crippen LogP contribution is -2.60. The molecule has 1 spiro atoms. The number of rotatable bonds is 0. The quantitative estimate of drug-likeness (QED) is 0.525. The van der Waals surface area contributed by atoms with E-state index < -0.39 is 11.6 Å². The molecule has 1 aromatic carbocycles. The highest BCUT2D eigenvalue weighted by molar-refractivity contribution is 7.80. The van der Waals surface area contributed by atoms with Gasteiger partial charge in [-0.25, -0.2) is 0 Å². The van der Waals surface area contributed by atoms with Crippen LogP contribution in [0.3, 0.4) is 0 Å². The average Bonchev–Trinajstić information content (AvgIpc) is 2.78. The fourth-order valence-electron chi connectivity index (χ4n) is 2.55. The molecular formula is C13H10N6S. The lowest BCUT2D eigenvalue weighted by atomic mass is 9.84. The van der Waals surface area contributed by atoms with Crippen LogP contribution in [0.5, 0.6) is 0 Å². The normalized spacial score (nSPS) is 22.1. The van der Waals surface area contributed by atoms with Gasteiger partial charge in [0.25, 0.3) is 0 Å². The first kappa shape index (κ1) is 12.3. The van der Waals surface area contributed by atoms with Crippen LogP contribution in [-0.4, -0.2) is 10.7 Å². The number of thiocarbonyl (C=S) groups is 1. The molecule has 2 aliphatic heterocycles. The van der Waals surface area contributed by atoms with Crippen LogP contribution in [0, 0.1) is 28.6 Å². The zero-order valence-corrected chi connectivity index (χ0v) is 11.1. The van der Waals surface area contributed by atoms with Gasteiger partial charge in [0, 0.05) is 0 Å². The number of anilines is 2. The fraction of sp³-hybridized carbons (Fsp3) is 0.154. The lowest BCUT2D eigenvalue weighted by Gasteiger charge is -2.39. The number of nitrogens with two attached hydrogens (primary N) is 1. The summed E-state index contributed by atoms with van der Waals surface area (Å²) in [6, 6.07) is 11.7. The molecule has 5 N–H and O–H groups in total. The number of hydrogen-bond donors (Lipinski definition) is 4. The highest BCUT2D eigenvalue weighted by Crippen LogP contribution is 2.43. The van der Waals surface area contributed by atoms with Crippen molar-refractivity contribution >= 4 is 28.6 Å². The third-order valence-corrected chi connectivity index (χ3v) is 3.79. The Morgan fingerprint density at radius 3 is 2.30 bits per heavy atom. The number of nitriles is 2. The van der Waals surface area contributed by atoms with Gasteiger partial charge in [0.1, 0.15) is 28.4 Å². The molecule has 7 heteroatoms. The van der Waals surface area contributed by atoms with Gasteiger partial charge in [0.15, 0.2) is 5.66 Å². The first-order chi connectivity index (χ1) is 9.62. The number of hydrogen-bond acceptors (Lipinski definition) is 6. The van der Waals surface area contributed by atoms with E-state index in [-0.39, 0.29) is 16.4 Å². The van der Waals surface area contributed by atoms with E-state index in [2.05, 4.69) is 28.1 Å². The molecule has 0 aromatic heterocycles. The minimum absolute atomic E-state index is 0.164. The monoisotopic (exact) mass is 282 g/mol. The van der Waals surface area contributed by atoms with Crippen LogP contribution in [0.4, 0.5) is 11.4 Å². The molecule has 3 rings (SSSR count). The van der Waals surface area contributed by atoms with Crippen LogP contribution in [-0.2, 0) is 0 Å². The van der Waals surface area contributed by atoms with Crippen LogP contribution in [0.1, 0.15) is 0 Å². The molecule has 2 heterocycles. The molecule has 0 fully saturated rings. The summed E-state index contributed by atoms with van der Waals surface area (Å²) in [6.45, 7) is 0. The summed E-state index contributed by atoms with van der Waals surface area (Å²) in [7, 11) is 0. The van der Waals surface area contributed by atoms with Crippen LogP contribution >= 0.6 is 12.2 Å². The van der Waals surface area contributed by atoms with Crippen LogP contribution < -0.4 is 21.7 Å². The Balaban J connectivity index is 2.20. The molecule has 0 aliphatic carbocycles. The van der Waals surface area contributed by atoms with E-state index in [0.717, 1.165) is 11.4 Å². The Labute approximate surface area is 120 Å². The van der Waals surface area contributed by atoms with Crippen LogP contribution in [0.2, 0.25) is 0 Å². The van der Waals surface area contributed by atoms with Gasteiger partial charge in [-0.15, -0.1) is 0 Å². The van der Waals surface area contributed by atoms with E-state index in [1.807, 2.05) is 24.3 Å². The molecule has 1 atom stereocenters. The molecule has 0 saturated heterocycles. The fourth-order valence-corrected chi connectivity index (χ4v) is 2.89. The Morgan fingerprint density at radius 2 is 1.80 bits per heavy atom. The highest BCUT2D eigenvalue weighted by Gasteiger charge is 2.52. The van der Waals surface area contributed by atoms with Gasteiger partial charge in [0.05, 0.1) is 17.4 Å². The van der Waals surface area contributed by atoms with Crippen molar-refractivity contribution in [2.45, 2.75) is 5.66 Å². The standard InChI is InChI=1S/C13H10N6S/c14-5-7-11(16)17-12(20)8(6-15)13(7)18-9-3-1-2-4-10(9)19-13/h1-4,8,18-19H,16H2,(H,17,20). The largest absolute Gasteiger partial charge is 0.384 e. The minimum atomic E-state index is -1.11. The zero-order chi connectivity index (χ0) is 14.3. The second-order valence-corrected chi connectivity index (χ2v) is 5.00. The molecule has 0 bridgehead atoms. The minimum Gasteiger partial charge on any atom is -0.384 e. The molecule has 1 unspecified atom stereocenters. The van der Waals surface area contributed by atoms with Crippen molar-refractivity contribution in [2.75, 3.05) is 10.6 Å². The van der Waals surface area contributed by atoms with Crippen molar-refractivity contribution in [2.24, 2.45) is 11.7 Å². The van der Waals surface area contributed by atoms with Crippen molar-refractivity contribution in [3.05, 3.63) is 35.7 Å². The first-order valence-electron chi connectivity index (χ1n) is 5.88. The van der Waals surface area contributed by atoms with E-state index in [1.165, 1.54) is 0 Å². The summed E-state index contributed by atoms with van der Waals surface area (Å²) in [5, 5.41) is 27.9. The predicted octanol–water partition coefficient (Wildman–Crippen LogP) is 0.985. The summed E-state index contributed by atoms with van der Waals surface area (Å²) in [5.74, 6) is -0.580. The van der Waals surface area contributed by atoms with Crippen LogP contribution in [0.15, 0.2) is 35.7 Å². The smallest absolute Gasteiger partial charge is 0.171 e. The van der Waals surface area contributed by atoms with E-state index in [0.29, 0.717) is 0 Å². The molecule has 2 aliphatic rings. The number of para-hydroxylation sites is 2. The maximum atomic E-state index is 9.44. The van der Waals surface area contributed by atoms with Gasteiger partial charge in [-0.2, -0.15) is 10.5 Å². The number of nitrogens with one attached hydrogen (secondary N) is 3. The Hall–Kier alpha value is -2.77. The molecule has 0 radical (unpaired) electrons. The highest BCUT2D eigenvalue weighted by atomic mass is 32.1. The van der Waals surface area contributed by atoms with E-state index in [9.17, 15) is 10.5 Å². The molecule has 0 amide bonds.